The first-order valence-corrected chi connectivity index (χ1v) is 9.70. The molecule has 0 radical (unpaired) electrons. The summed E-state index contributed by atoms with van der Waals surface area (Å²) in [5.74, 6) is 0.226. The van der Waals surface area contributed by atoms with Crippen LogP contribution in [0.2, 0.25) is 0 Å². The number of aromatic amines is 1. The minimum atomic E-state index is -0.802. The molecular formula is C23H22N4O4. The van der Waals surface area contributed by atoms with Gasteiger partial charge in [0.1, 0.15) is 23.2 Å². The molecule has 8 nitrogen and oxygen atoms in total. The number of H-pyrrole nitrogens is 1. The number of benzene rings is 2. The van der Waals surface area contributed by atoms with E-state index >= 15 is 0 Å². The standard InChI is InChI=1S/C23H22N4O4/c1-13(22(28)27-18-10-14(30-2)8-9-21(18)31-3)25-23(29)19-11-16-15-6-4-5-7-17(15)26-20(16)12-24-19/h4-13,26H,1-3H3,(H,25,29)(H,27,28). The summed E-state index contributed by atoms with van der Waals surface area (Å²) in [7, 11) is 3.04. The Bertz CT molecular complexity index is 1280. The highest BCUT2D eigenvalue weighted by Crippen LogP contribution is 2.29. The molecule has 31 heavy (non-hydrogen) atoms. The number of para-hydroxylation sites is 1. The van der Waals surface area contributed by atoms with Gasteiger partial charge < -0.3 is 25.1 Å². The zero-order chi connectivity index (χ0) is 22.0. The minimum Gasteiger partial charge on any atom is -0.497 e. The molecule has 1 unspecified atom stereocenters. The van der Waals surface area contributed by atoms with Gasteiger partial charge in [0.05, 0.1) is 31.6 Å². The Morgan fingerprint density at radius 2 is 1.81 bits per heavy atom. The van der Waals surface area contributed by atoms with Crippen molar-refractivity contribution in [2.24, 2.45) is 0 Å². The molecule has 3 N–H and O–H groups in total. The topological polar surface area (TPSA) is 105 Å². The Kier molecular flexibility index (Phi) is 5.44. The van der Waals surface area contributed by atoms with Gasteiger partial charge >= 0.3 is 0 Å². The maximum Gasteiger partial charge on any atom is 0.270 e. The lowest BCUT2D eigenvalue weighted by molar-refractivity contribution is -0.117. The fourth-order valence-corrected chi connectivity index (χ4v) is 3.36. The second-order valence-corrected chi connectivity index (χ2v) is 7.04. The molecule has 2 amide bonds. The van der Waals surface area contributed by atoms with Crippen LogP contribution in [0.1, 0.15) is 17.4 Å². The van der Waals surface area contributed by atoms with Crippen LogP contribution in [0, 0.1) is 0 Å². The first kappa shape index (κ1) is 20.2. The van der Waals surface area contributed by atoms with Crippen molar-refractivity contribution in [2.45, 2.75) is 13.0 Å². The number of nitrogens with one attached hydrogen (secondary N) is 3. The normalized spacial score (nSPS) is 11.8. The number of rotatable bonds is 6. The van der Waals surface area contributed by atoms with Crippen molar-refractivity contribution >= 4 is 39.3 Å². The molecule has 0 spiro atoms. The lowest BCUT2D eigenvalue weighted by atomic mass is 10.1. The lowest BCUT2D eigenvalue weighted by Gasteiger charge is -2.16. The van der Waals surface area contributed by atoms with E-state index in [2.05, 4.69) is 20.6 Å². The van der Waals surface area contributed by atoms with Gasteiger partial charge in [-0.3, -0.25) is 9.59 Å². The SMILES string of the molecule is COc1ccc(OC)c(NC(=O)C(C)NC(=O)c2cc3c(cn2)[nH]c2ccccc23)c1. The summed E-state index contributed by atoms with van der Waals surface area (Å²) in [5.41, 5.74) is 2.49. The molecule has 4 aromatic rings. The molecule has 1 atom stereocenters. The summed E-state index contributed by atoms with van der Waals surface area (Å²) in [6, 6.07) is 13.8. The zero-order valence-corrected chi connectivity index (χ0v) is 17.4. The number of amides is 2. The Balaban J connectivity index is 1.50. The quantitative estimate of drug-likeness (QED) is 0.445. The van der Waals surface area contributed by atoms with E-state index in [0.717, 1.165) is 21.8 Å². The summed E-state index contributed by atoms with van der Waals surface area (Å²) in [4.78, 5) is 32.9. The van der Waals surface area contributed by atoms with Gasteiger partial charge in [-0.1, -0.05) is 18.2 Å². The van der Waals surface area contributed by atoms with E-state index in [1.54, 1.807) is 37.4 Å². The molecule has 2 heterocycles. The van der Waals surface area contributed by atoms with Gasteiger partial charge in [-0.05, 0) is 31.2 Å². The number of pyridine rings is 1. The third-order valence-electron chi connectivity index (χ3n) is 5.03. The number of fused-ring (bicyclic) bond motifs is 3. The molecule has 8 heteroatoms. The molecule has 0 aliphatic carbocycles. The second kappa shape index (κ2) is 8.35. The number of methoxy groups -OCH3 is 2. The smallest absolute Gasteiger partial charge is 0.270 e. The summed E-state index contributed by atoms with van der Waals surface area (Å²) in [6.07, 6.45) is 1.62. The Morgan fingerprint density at radius 3 is 2.58 bits per heavy atom. The van der Waals surface area contributed by atoms with Crippen molar-refractivity contribution in [1.29, 1.82) is 0 Å². The molecule has 0 aliphatic heterocycles. The van der Waals surface area contributed by atoms with E-state index in [0.29, 0.717) is 17.2 Å². The van der Waals surface area contributed by atoms with Crippen LogP contribution in [0.4, 0.5) is 5.69 Å². The molecule has 2 aromatic heterocycles. The first-order valence-electron chi connectivity index (χ1n) is 9.70. The Labute approximate surface area is 178 Å². The molecule has 0 saturated heterocycles. The molecule has 4 rings (SSSR count). The monoisotopic (exact) mass is 418 g/mol. The number of hydrogen-bond donors (Lipinski definition) is 3. The number of carbonyl (C=O) groups excluding carboxylic acids is 2. The molecule has 0 saturated carbocycles. The highest BCUT2D eigenvalue weighted by Gasteiger charge is 2.20. The summed E-state index contributed by atoms with van der Waals surface area (Å²) in [6.45, 7) is 1.60. The van der Waals surface area contributed by atoms with Crippen molar-refractivity contribution in [3.63, 3.8) is 0 Å². The molecule has 0 bridgehead atoms. The van der Waals surface area contributed by atoms with Crippen LogP contribution in [-0.4, -0.2) is 42.0 Å². The number of hydrogen-bond acceptors (Lipinski definition) is 5. The van der Waals surface area contributed by atoms with Gasteiger partial charge in [0, 0.05) is 22.4 Å². The van der Waals surface area contributed by atoms with Crippen LogP contribution in [0.15, 0.2) is 54.7 Å². The minimum absolute atomic E-state index is 0.232. The van der Waals surface area contributed by atoms with Gasteiger partial charge in [0.25, 0.3) is 5.91 Å². The fourth-order valence-electron chi connectivity index (χ4n) is 3.36. The average Bonchev–Trinajstić information content (AvgIpc) is 3.16. The van der Waals surface area contributed by atoms with E-state index in [1.165, 1.54) is 14.2 Å². The number of anilines is 1. The predicted molar refractivity (Wildman–Crippen MR) is 119 cm³/mol. The molecule has 2 aromatic carbocycles. The third kappa shape index (κ3) is 4.00. The third-order valence-corrected chi connectivity index (χ3v) is 5.03. The van der Waals surface area contributed by atoms with Crippen LogP contribution in [0.5, 0.6) is 11.5 Å². The maximum absolute atomic E-state index is 12.7. The van der Waals surface area contributed by atoms with Crippen LogP contribution in [0.25, 0.3) is 21.8 Å². The van der Waals surface area contributed by atoms with Gasteiger partial charge in [0.2, 0.25) is 5.91 Å². The van der Waals surface area contributed by atoms with E-state index in [-0.39, 0.29) is 5.69 Å². The summed E-state index contributed by atoms with van der Waals surface area (Å²) in [5, 5.41) is 7.35. The van der Waals surface area contributed by atoms with Gasteiger partial charge in [-0.15, -0.1) is 0 Å². The van der Waals surface area contributed by atoms with Crippen LogP contribution in [0.3, 0.4) is 0 Å². The summed E-state index contributed by atoms with van der Waals surface area (Å²) < 4.78 is 10.5. The maximum atomic E-state index is 12.7. The highest BCUT2D eigenvalue weighted by molar-refractivity contribution is 6.09. The zero-order valence-electron chi connectivity index (χ0n) is 17.4. The number of ether oxygens (including phenoxy) is 2. The van der Waals surface area contributed by atoms with Crippen LogP contribution < -0.4 is 20.1 Å². The first-order chi connectivity index (χ1) is 15.0. The highest BCUT2D eigenvalue weighted by atomic mass is 16.5. The van der Waals surface area contributed by atoms with Gasteiger partial charge in [-0.2, -0.15) is 0 Å². The van der Waals surface area contributed by atoms with Crippen molar-refractivity contribution in [3.8, 4) is 11.5 Å². The van der Waals surface area contributed by atoms with Crippen molar-refractivity contribution in [3.05, 3.63) is 60.4 Å². The Morgan fingerprint density at radius 1 is 1.00 bits per heavy atom. The van der Waals surface area contributed by atoms with E-state index in [1.807, 2.05) is 24.3 Å². The molecule has 0 aliphatic rings. The van der Waals surface area contributed by atoms with Crippen LogP contribution in [-0.2, 0) is 4.79 Å². The molecule has 158 valence electrons. The largest absolute Gasteiger partial charge is 0.497 e. The Hall–Kier alpha value is -4.07. The number of carbonyl (C=O) groups is 2. The second-order valence-electron chi connectivity index (χ2n) is 7.04. The van der Waals surface area contributed by atoms with Crippen molar-refractivity contribution in [1.82, 2.24) is 15.3 Å². The predicted octanol–water partition coefficient (Wildman–Crippen LogP) is 3.49. The molecule has 0 fully saturated rings. The van der Waals surface area contributed by atoms with E-state index in [9.17, 15) is 9.59 Å². The fraction of sp³-hybridized carbons (Fsp3) is 0.174. The van der Waals surface area contributed by atoms with Gasteiger partial charge in [-0.25, -0.2) is 4.98 Å². The van der Waals surface area contributed by atoms with Crippen molar-refractivity contribution in [2.75, 3.05) is 19.5 Å². The van der Waals surface area contributed by atoms with E-state index < -0.39 is 17.9 Å². The molecular weight excluding hydrogens is 396 g/mol. The van der Waals surface area contributed by atoms with Crippen LogP contribution >= 0.6 is 0 Å². The average molecular weight is 418 g/mol. The number of nitrogens with zero attached hydrogens (tertiary/aromatic N) is 1. The van der Waals surface area contributed by atoms with E-state index in [4.69, 9.17) is 9.47 Å². The summed E-state index contributed by atoms with van der Waals surface area (Å²) >= 11 is 0. The number of aromatic nitrogens is 2. The van der Waals surface area contributed by atoms with Crippen molar-refractivity contribution < 1.29 is 19.1 Å². The van der Waals surface area contributed by atoms with Gasteiger partial charge in [0.15, 0.2) is 0 Å². The lowest BCUT2D eigenvalue weighted by Crippen LogP contribution is -2.41.